The van der Waals surface area contributed by atoms with Gasteiger partial charge in [-0.2, -0.15) is 0 Å². The maximum Gasteiger partial charge on any atom is 0.472 e. The van der Waals surface area contributed by atoms with Crippen molar-refractivity contribution >= 4 is 13.8 Å². The third-order valence-electron chi connectivity index (χ3n) is 8.47. The fourth-order valence-electron chi connectivity index (χ4n) is 5.32. The van der Waals surface area contributed by atoms with Crippen LogP contribution in [0.25, 0.3) is 0 Å². The molecule has 0 aromatic heterocycles. The molecule has 308 valence electrons. The number of hydrogen-bond acceptors (Lipinski definition) is 8. The summed E-state index contributed by atoms with van der Waals surface area (Å²) in [5.74, 6) is -0.395. The lowest BCUT2D eigenvalue weighted by molar-refractivity contribution is -0.154. The predicted octanol–water partition coefficient (Wildman–Crippen LogP) is 11.2. The van der Waals surface area contributed by atoms with Gasteiger partial charge >= 0.3 is 13.8 Å². The van der Waals surface area contributed by atoms with Crippen molar-refractivity contribution in [1.82, 2.24) is 0 Å². The van der Waals surface area contributed by atoms with E-state index in [1.54, 1.807) is 0 Å². The smallest absolute Gasteiger partial charge is 0.457 e. The van der Waals surface area contributed by atoms with Crippen LogP contribution in [0, 0.1) is 0 Å². The average molecular weight is 769 g/mol. The van der Waals surface area contributed by atoms with Gasteiger partial charge in [-0.05, 0) is 57.8 Å². The van der Waals surface area contributed by atoms with Gasteiger partial charge in [0, 0.05) is 13.0 Å². The van der Waals surface area contributed by atoms with Gasteiger partial charge in [-0.1, -0.05) is 158 Å². The quantitative estimate of drug-likeness (QED) is 0.0242. The summed E-state index contributed by atoms with van der Waals surface area (Å²) in [5, 5.41) is 18.3. The summed E-state index contributed by atoms with van der Waals surface area (Å²) in [7, 11) is -4.52. The van der Waals surface area contributed by atoms with Crippen molar-refractivity contribution in [1.29, 1.82) is 0 Å². The van der Waals surface area contributed by atoms with Crippen LogP contribution in [0.3, 0.4) is 0 Å². The Morgan fingerprint density at radius 1 is 0.604 bits per heavy atom. The normalized spacial score (nSPS) is 14.7. The van der Waals surface area contributed by atoms with Crippen LogP contribution in [0.1, 0.15) is 162 Å². The highest BCUT2D eigenvalue weighted by Crippen LogP contribution is 2.43. The van der Waals surface area contributed by atoms with E-state index < -0.39 is 39.2 Å². The summed E-state index contributed by atoms with van der Waals surface area (Å²) >= 11 is 0. The first kappa shape index (κ1) is 51.2. The number of aliphatic hydroxyl groups is 2. The van der Waals surface area contributed by atoms with Crippen LogP contribution in [-0.2, 0) is 27.9 Å². The minimum absolute atomic E-state index is 0.0312. The highest BCUT2D eigenvalue weighted by Gasteiger charge is 2.26. The Morgan fingerprint density at radius 2 is 1.08 bits per heavy atom. The summed E-state index contributed by atoms with van der Waals surface area (Å²) in [6.07, 6.45) is 44.6. The van der Waals surface area contributed by atoms with Gasteiger partial charge in [0.05, 0.1) is 26.4 Å². The lowest BCUT2D eigenvalue weighted by atomic mass is 10.0. The monoisotopic (exact) mass is 769 g/mol. The van der Waals surface area contributed by atoms with Crippen molar-refractivity contribution in [2.45, 2.75) is 174 Å². The van der Waals surface area contributed by atoms with Crippen LogP contribution in [0.4, 0.5) is 0 Å². The van der Waals surface area contributed by atoms with Gasteiger partial charge in [-0.15, -0.1) is 0 Å². The number of esters is 1. The van der Waals surface area contributed by atoms with Crippen LogP contribution in [-0.4, -0.2) is 66.3 Å². The number of ether oxygens (including phenoxy) is 2. The molecule has 0 saturated heterocycles. The van der Waals surface area contributed by atoms with E-state index in [2.05, 4.69) is 74.6 Å². The summed E-state index contributed by atoms with van der Waals surface area (Å²) in [6.45, 7) is 3.33. The molecule has 0 saturated carbocycles. The minimum atomic E-state index is -4.52. The zero-order valence-corrected chi connectivity index (χ0v) is 34.4. The number of carbonyl (C=O) groups excluding carboxylic acids is 1. The Hall–Kier alpha value is -1.84. The summed E-state index contributed by atoms with van der Waals surface area (Å²) in [4.78, 5) is 22.5. The lowest BCUT2D eigenvalue weighted by Crippen LogP contribution is -2.29. The Morgan fingerprint density at radius 3 is 1.62 bits per heavy atom. The Labute approximate surface area is 323 Å². The van der Waals surface area contributed by atoms with Crippen molar-refractivity contribution in [3.8, 4) is 0 Å². The molecule has 0 bridgehead atoms. The standard InChI is InChI=1S/C43H77O9P/c1-3-5-7-9-11-13-15-17-18-19-20-21-22-23-24-26-28-30-32-34-36-49-39-42(40-51-53(47,48)50-38-41(45)37-44)52-43(46)35-33-31-29-27-25-16-14-12-10-8-6-4-2/h5,7,11,13,17-18,20-21,23-24,41-42,44-45H,3-4,6,8-10,12,14-16,19,22,25-40H2,1-2H3,(H,47,48)/b7-5-,13-11-,18-17-,21-20-,24-23-. The Bertz CT molecular complexity index is 1010. The first-order chi connectivity index (χ1) is 25.8. The molecule has 0 aliphatic carbocycles. The van der Waals surface area contributed by atoms with E-state index in [4.69, 9.17) is 23.6 Å². The second-order valence-electron chi connectivity index (χ2n) is 13.6. The van der Waals surface area contributed by atoms with E-state index in [0.717, 1.165) is 83.5 Å². The molecule has 0 radical (unpaired) electrons. The molecule has 0 spiro atoms. The molecule has 10 heteroatoms. The molecule has 0 heterocycles. The number of phosphoric ester groups is 1. The minimum Gasteiger partial charge on any atom is -0.457 e. The predicted molar refractivity (Wildman–Crippen MR) is 219 cm³/mol. The lowest BCUT2D eigenvalue weighted by Gasteiger charge is -2.20. The molecule has 3 unspecified atom stereocenters. The van der Waals surface area contributed by atoms with E-state index in [0.29, 0.717) is 6.61 Å². The maximum absolute atomic E-state index is 12.6. The molecule has 53 heavy (non-hydrogen) atoms. The van der Waals surface area contributed by atoms with Crippen molar-refractivity contribution in [3.05, 3.63) is 60.8 Å². The van der Waals surface area contributed by atoms with Crippen molar-refractivity contribution < 1.29 is 43.0 Å². The highest BCUT2D eigenvalue weighted by atomic mass is 31.2. The fraction of sp³-hybridized carbons (Fsp3) is 0.744. The molecule has 9 nitrogen and oxygen atoms in total. The number of allylic oxidation sites excluding steroid dienone is 10. The largest absolute Gasteiger partial charge is 0.472 e. The van der Waals surface area contributed by atoms with Gasteiger partial charge in [0.2, 0.25) is 0 Å². The van der Waals surface area contributed by atoms with Crippen molar-refractivity contribution in [2.24, 2.45) is 0 Å². The molecule has 0 rings (SSSR count). The van der Waals surface area contributed by atoms with Crippen LogP contribution in [0.15, 0.2) is 60.8 Å². The topological polar surface area (TPSA) is 132 Å². The van der Waals surface area contributed by atoms with Crippen molar-refractivity contribution in [2.75, 3.05) is 33.0 Å². The number of aliphatic hydroxyl groups excluding tert-OH is 2. The molecule has 0 aliphatic heterocycles. The van der Waals surface area contributed by atoms with Gasteiger partial charge in [0.1, 0.15) is 12.2 Å². The Balaban J connectivity index is 4.23. The zero-order valence-electron chi connectivity index (χ0n) is 33.5. The van der Waals surface area contributed by atoms with E-state index in [1.165, 1.54) is 57.8 Å². The fourth-order valence-corrected chi connectivity index (χ4v) is 6.11. The van der Waals surface area contributed by atoms with Crippen LogP contribution in [0.5, 0.6) is 0 Å². The molecule has 0 amide bonds. The molecule has 0 aliphatic rings. The molecule has 3 N–H and O–H groups in total. The van der Waals surface area contributed by atoms with Crippen LogP contribution >= 0.6 is 7.82 Å². The van der Waals surface area contributed by atoms with Crippen LogP contribution < -0.4 is 0 Å². The highest BCUT2D eigenvalue weighted by molar-refractivity contribution is 7.47. The second kappa shape index (κ2) is 39.8. The number of phosphoric acid groups is 1. The molecule has 3 atom stereocenters. The zero-order chi connectivity index (χ0) is 38.9. The van der Waals surface area contributed by atoms with Crippen LogP contribution in [0.2, 0.25) is 0 Å². The third-order valence-corrected chi connectivity index (χ3v) is 9.42. The van der Waals surface area contributed by atoms with Gasteiger partial charge in [0.25, 0.3) is 0 Å². The van der Waals surface area contributed by atoms with E-state index in [-0.39, 0.29) is 19.6 Å². The number of rotatable bonds is 39. The number of carbonyl (C=O) groups is 1. The molecule has 0 aromatic rings. The summed E-state index contributed by atoms with van der Waals surface area (Å²) < 4.78 is 33.3. The maximum atomic E-state index is 12.6. The average Bonchev–Trinajstić information content (AvgIpc) is 3.15. The van der Waals surface area contributed by atoms with E-state index in [1.807, 2.05) is 0 Å². The first-order valence-corrected chi connectivity index (χ1v) is 22.3. The first-order valence-electron chi connectivity index (χ1n) is 20.8. The molecular formula is C43H77O9P. The van der Waals surface area contributed by atoms with Crippen molar-refractivity contribution in [3.63, 3.8) is 0 Å². The number of unbranched alkanes of at least 4 members (excludes halogenated alkanes) is 15. The van der Waals surface area contributed by atoms with E-state index in [9.17, 15) is 19.4 Å². The molecule has 0 aromatic carbocycles. The van der Waals surface area contributed by atoms with Gasteiger partial charge in [-0.25, -0.2) is 4.57 Å². The van der Waals surface area contributed by atoms with Gasteiger partial charge in [0.15, 0.2) is 0 Å². The summed E-state index contributed by atoms with van der Waals surface area (Å²) in [5.41, 5.74) is 0. The second-order valence-corrected chi connectivity index (χ2v) is 15.1. The van der Waals surface area contributed by atoms with Gasteiger partial charge in [-0.3, -0.25) is 13.8 Å². The third kappa shape index (κ3) is 39.7. The van der Waals surface area contributed by atoms with E-state index >= 15 is 0 Å². The summed E-state index contributed by atoms with van der Waals surface area (Å²) in [6, 6.07) is 0. The van der Waals surface area contributed by atoms with Gasteiger partial charge < -0.3 is 24.6 Å². The SMILES string of the molecule is CC/C=C\C/C=C\C/C=C\C/C=C\C/C=C\CCCCCCOCC(COP(=O)(O)OCC(O)CO)OC(=O)CCCCCCCCCCCCCC. The Kier molecular flexibility index (Phi) is 38.5. The molecule has 0 fully saturated rings. The number of hydrogen-bond donors (Lipinski definition) is 3. The molecular weight excluding hydrogens is 691 g/mol.